The number of carbonyl (C=O) groups is 1. The molecule has 0 atom stereocenters. The topological polar surface area (TPSA) is 75.0 Å². The van der Waals surface area contributed by atoms with Crippen LogP contribution in [0.5, 0.6) is 5.88 Å². The Labute approximate surface area is 143 Å². The molecular formula is C15H9BrF3N3O2. The predicted octanol–water partition coefficient (Wildman–Crippen LogP) is 3.39. The molecule has 0 saturated carbocycles. The fourth-order valence-electron chi connectivity index (χ4n) is 1.78. The van der Waals surface area contributed by atoms with E-state index in [0.29, 0.717) is 15.6 Å². The molecule has 2 rings (SSSR count). The molecule has 1 heterocycles. The second-order valence-electron chi connectivity index (χ2n) is 4.49. The number of halogens is 4. The molecule has 0 unspecified atom stereocenters. The first-order chi connectivity index (χ1) is 11.4. The van der Waals surface area contributed by atoms with E-state index in [1.54, 1.807) is 18.2 Å². The number of nitrogens with one attached hydrogen (secondary N) is 1. The van der Waals surface area contributed by atoms with E-state index in [4.69, 9.17) is 5.26 Å². The standard InChI is InChI=1S/C15H9BrF3N3O2/c16-11-2-1-8(5-20)3-9(11)6-21-13(23)10-4-12(17)14(22-7-10)24-15(18)19/h1-4,7,15H,6H2,(H,21,23). The second-order valence-corrected chi connectivity index (χ2v) is 5.34. The van der Waals surface area contributed by atoms with Crippen molar-refractivity contribution < 1.29 is 22.7 Å². The molecule has 0 aliphatic rings. The first-order valence-corrected chi connectivity index (χ1v) is 7.27. The maximum atomic E-state index is 13.6. The third-order valence-electron chi connectivity index (χ3n) is 2.88. The number of alkyl halides is 2. The van der Waals surface area contributed by atoms with Crippen molar-refractivity contribution in [2.75, 3.05) is 0 Å². The summed E-state index contributed by atoms with van der Waals surface area (Å²) in [5.41, 5.74) is 0.916. The van der Waals surface area contributed by atoms with Crippen molar-refractivity contribution in [2.45, 2.75) is 13.2 Å². The van der Waals surface area contributed by atoms with Gasteiger partial charge in [-0.05, 0) is 29.8 Å². The van der Waals surface area contributed by atoms with Gasteiger partial charge >= 0.3 is 6.61 Å². The fraction of sp³-hybridized carbons (Fsp3) is 0.133. The van der Waals surface area contributed by atoms with Gasteiger partial charge in [0.2, 0.25) is 0 Å². The minimum absolute atomic E-state index is 0.0752. The molecule has 0 fully saturated rings. The van der Waals surface area contributed by atoms with Crippen LogP contribution in [-0.2, 0) is 6.54 Å². The van der Waals surface area contributed by atoms with Gasteiger partial charge in [0.25, 0.3) is 11.8 Å². The van der Waals surface area contributed by atoms with Crippen LogP contribution in [0, 0.1) is 17.1 Å². The number of carbonyl (C=O) groups excluding carboxylic acids is 1. The van der Waals surface area contributed by atoms with Crippen LogP contribution in [0.4, 0.5) is 13.2 Å². The molecule has 0 spiro atoms. The minimum atomic E-state index is -3.21. The maximum Gasteiger partial charge on any atom is 0.388 e. The van der Waals surface area contributed by atoms with Gasteiger partial charge in [0.05, 0.1) is 17.2 Å². The molecule has 0 saturated heterocycles. The number of aromatic nitrogens is 1. The smallest absolute Gasteiger partial charge is 0.388 e. The van der Waals surface area contributed by atoms with Gasteiger partial charge in [0.1, 0.15) is 0 Å². The Morgan fingerprint density at radius 3 is 2.79 bits per heavy atom. The summed E-state index contributed by atoms with van der Waals surface area (Å²) in [7, 11) is 0. The van der Waals surface area contributed by atoms with Gasteiger partial charge in [-0.2, -0.15) is 14.0 Å². The second kappa shape index (κ2) is 7.79. The van der Waals surface area contributed by atoms with E-state index in [0.717, 1.165) is 12.3 Å². The van der Waals surface area contributed by atoms with Gasteiger partial charge in [0.15, 0.2) is 5.82 Å². The molecule has 1 amide bonds. The molecule has 9 heteroatoms. The van der Waals surface area contributed by atoms with Crippen LogP contribution in [0.15, 0.2) is 34.9 Å². The van der Waals surface area contributed by atoms with Crippen LogP contribution < -0.4 is 10.1 Å². The number of nitrogens with zero attached hydrogens (tertiary/aromatic N) is 2. The van der Waals surface area contributed by atoms with Crippen molar-refractivity contribution in [2.24, 2.45) is 0 Å². The Morgan fingerprint density at radius 1 is 1.42 bits per heavy atom. The summed E-state index contributed by atoms with van der Waals surface area (Å²) in [6.45, 7) is -3.14. The van der Waals surface area contributed by atoms with E-state index in [-0.39, 0.29) is 12.1 Å². The molecule has 1 N–H and O–H groups in total. The van der Waals surface area contributed by atoms with E-state index in [2.05, 4.69) is 31.0 Å². The lowest BCUT2D eigenvalue weighted by Gasteiger charge is -2.09. The summed E-state index contributed by atoms with van der Waals surface area (Å²) in [6.07, 6.45) is 0.927. The van der Waals surface area contributed by atoms with Crippen molar-refractivity contribution in [1.82, 2.24) is 10.3 Å². The number of pyridine rings is 1. The first kappa shape index (κ1) is 17.7. The summed E-state index contributed by atoms with van der Waals surface area (Å²) in [4.78, 5) is 15.3. The Kier molecular flexibility index (Phi) is 5.76. The third kappa shape index (κ3) is 4.45. The van der Waals surface area contributed by atoms with E-state index >= 15 is 0 Å². The minimum Gasteiger partial charge on any atom is -0.414 e. The highest BCUT2D eigenvalue weighted by molar-refractivity contribution is 9.10. The van der Waals surface area contributed by atoms with E-state index < -0.39 is 24.2 Å². The van der Waals surface area contributed by atoms with Crippen LogP contribution in [-0.4, -0.2) is 17.5 Å². The quantitative estimate of drug-likeness (QED) is 0.835. The summed E-state index contributed by atoms with van der Waals surface area (Å²) < 4.78 is 42.2. The summed E-state index contributed by atoms with van der Waals surface area (Å²) in [5.74, 6) is -2.71. The van der Waals surface area contributed by atoms with Gasteiger partial charge in [0, 0.05) is 17.2 Å². The molecule has 0 radical (unpaired) electrons. The van der Waals surface area contributed by atoms with Crippen LogP contribution in [0.2, 0.25) is 0 Å². The molecule has 1 aromatic heterocycles. The average molecular weight is 400 g/mol. The monoisotopic (exact) mass is 399 g/mol. The SMILES string of the molecule is N#Cc1ccc(Br)c(CNC(=O)c2cnc(OC(F)F)c(F)c2)c1. The molecule has 1 aromatic carbocycles. The van der Waals surface area contributed by atoms with Gasteiger partial charge in [-0.25, -0.2) is 9.37 Å². The number of rotatable bonds is 5. The molecule has 24 heavy (non-hydrogen) atoms. The average Bonchev–Trinajstić information content (AvgIpc) is 2.55. The maximum absolute atomic E-state index is 13.6. The predicted molar refractivity (Wildman–Crippen MR) is 80.9 cm³/mol. The Hall–Kier alpha value is -2.60. The molecule has 0 aliphatic carbocycles. The van der Waals surface area contributed by atoms with Crippen LogP contribution in [0.25, 0.3) is 0 Å². The van der Waals surface area contributed by atoms with Gasteiger partial charge in [-0.1, -0.05) is 15.9 Å². The molecule has 0 aliphatic heterocycles. The molecular weight excluding hydrogens is 391 g/mol. The lowest BCUT2D eigenvalue weighted by atomic mass is 10.1. The largest absolute Gasteiger partial charge is 0.414 e. The number of amides is 1. The highest BCUT2D eigenvalue weighted by Crippen LogP contribution is 2.19. The number of hydrogen-bond acceptors (Lipinski definition) is 4. The van der Waals surface area contributed by atoms with Crippen molar-refractivity contribution in [3.05, 3.63) is 57.4 Å². The number of hydrogen-bond donors (Lipinski definition) is 1. The highest BCUT2D eigenvalue weighted by atomic mass is 79.9. The molecule has 0 bridgehead atoms. The van der Waals surface area contributed by atoms with E-state index in [1.807, 2.05) is 6.07 Å². The van der Waals surface area contributed by atoms with E-state index in [1.165, 1.54) is 0 Å². The van der Waals surface area contributed by atoms with Crippen molar-refractivity contribution in [3.8, 4) is 11.9 Å². The normalized spacial score (nSPS) is 10.3. The zero-order valence-electron chi connectivity index (χ0n) is 11.9. The van der Waals surface area contributed by atoms with Gasteiger partial charge in [-0.3, -0.25) is 4.79 Å². The van der Waals surface area contributed by atoms with Crippen molar-refractivity contribution in [1.29, 1.82) is 5.26 Å². The zero-order chi connectivity index (χ0) is 17.7. The molecule has 5 nitrogen and oxygen atoms in total. The Bertz CT molecular complexity index is 809. The third-order valence-corrected chi connectivity index (χ3v) is 3.66. The number of nitriles is 1. The lowest BCUT2D eigenvalue weighted by molar-refractivity contribution is -0.0553. The van der Waals surface area contributed by atoms with E-state index in [9.17, 15) is 18.0 Å². The summed E-state index contributed by atoms with van der Waals surface area (Å²) in [5, 5.41) is 11.4. The molecule has 2 aromatic rings. The zero-order valence-corrected chi connectivity index (χ0v) is 13.5. The number of ether oxygens (including phenoxy) is 1. The van der Waals surface area contributed by atoms with Crippen molar-refractivity contribution >= 4 is 21.8 Å². The Morgan fingerprint density at radius 2 is 2.17 bits per heavy atom. The first-order valence-electron chi connectivity index (χ1n) is 6.47. The Balaban J connectivity index is 2.08. The summed E-state index contributed by atoms with van der Waals surface area (Å²) >= 11 is 3.29. The molecule has 124 valence electrons. The number of benzene rings is 1. The van der Waals surface area contributed by atoms with Gasteiger partial charge < -0.3 is 10.1 Å². The lowest BCUT2D eigenvalue weighted by Crippen LogP contribution is -2.23. The van der Waals surface area contributed by atoms with Crippen LogP contribution in [0.3, 0.4) is 0 Å². The summed E-state index contributed by atoms with van der Waals surface area (Å²) in [6, 6.07) is 7.58. The van der Waals surface area contributed by atoms with Crippen molar-refractivity contribution in [3.63, 3.8) is 0 Å². The van der Waals surface area contributed by atoms with Gasteiger partial charge in [-0.15, -0.1) is 0 Å². The van der Waals surface area contributed by atoms with Crippen LogP contribution in [0.1, 0.15) is 21.5 Å². The highest BCUT2D eigenvalue weighted by Gasteiger charge is 2.15. The fourth-order valence-corrected chi connectivity index (χ4v) is 2.16. The van der Waals surface area contributed by atoms with Crippen LogP contribution >= 0.6 is 15.9 Å².